The molecule has 2 rings (SSSR count). The molecule has 1 aromatic rings. The van der Waals surface area contributed by atoms with Crippen molar-refractivity contribution in [2.45, 2.75) is 18.9 Å². The first-order chi connectivity index (χ1) is 8.70. The molecule has 1 aromatic carbocycles. The number of nitrogens with one attached hydrogen (secondary N) is 1. The first kappa shape index (κ1) is 13.2. The minimum absolute atomic E-state index is 0.0631. The van der Waals surface area contributed by atoms with Gasteiger partial charge in [-0.15, -0.1) is 0 Å². The van der Waals surface area contributed by atoms with Gasteiger partial charge < -0.3 is 14.8 Å². The molecular weight excluding hydrogens is 240 g/mol. The fourth-order valence-corrected chi connectivity index (χ4v) is 2.04. The molecule has 5 heteroatoms. The number of aryl methyl sites for hydroxylation is 1. The second kappa shape index (κ2) is 6.11. The third kappa shape index (κ3) is 3.17. The summed E-state index contributed by atoms with van der Waals surface area (Å²) < 4.78 is 37.4. The Morgan fingerprint density at radius 2 is 2.22 bits per heavy atom. The third-order valence-electron chi connectivity index (χ3n) is 3.06. The van der Waals surface area contributed by atoms with Crippen LogP contribution in [0.15, 0.2) is 12.1 Å². The molecule has 1 fully saturated rings. The predicted octanol–water partition coefficient (Wildman–Crippen LogP) is 1.89. The lowest BCUT2D eigenvalue weighted by atomic mass is 10.0. The zero-order valence-electron chi connectivity index (χ0n) is 10.3. The summed E-state index contributed by atoms with van der Waals surface area (Å²) in [6.07, 6.45) is 1.21. The van der Waals surface area contributed by atoms with E-state index in [9.17, 15) is 8.78 Å². The van der Waals surface area contributed by atoms with Gasteiger partial charge in [0.25, 0.3) is 0 Å². The van der Waals surface area contributed by atoms with Gasteiger partial charge in [-0.3, -0.25) is 0 Å². The number of hydrogen-bond donors (Lipinski definition) is 1. The lowest BCUT2D eigenvalue weighted by Crippen LogP contribution is -2.38. The largest absolute Gasteiger partial charge is 0.494 e. The van der Waals surface area contributed by atoms with Crippen LogP contribution in [0.4, 0.5) is 8.78 Å². The molecule has 1 heterocycles. The molecule has 0 saturated carbocycles. The fourth-order valence-electron chi connectivity index (χ4n) is 2.04. The Balaban J connectivity index is 1.98. The first-order valence-corrected chi connectivity index (χ1v) is 6.05. The molecule has 1 atom stereocenters. The topological polar surface area (TPSA) is 30.5 Å². The average molecular weight is 257 g/mol. The summed E-state index contributed by atoms with van der Waals surface area (Å²) in [4.78, 5) is 0. The smallest absolute Gasteiger partial charge is 0.165 e. The molecule has 1 saturated heterocycles. The summed E-state index contributed by atoms with van der Waals surface area (Å²) in [5.41, 5.74) is 0.363. The first-order valence-electron chi connectivity index (χ1n) is 6.05. The monoisotopic (exact) mass is 257 g/mol. The molecule has 0 aliphatic carbocycles. The molecule has 1 unspecified atom stereocenters. The predicted molar refractivity (Wildman–Crippen MR) is 63.8 cm³/mol. The Kier molecular flexibility index (Phi) is 4.49. The molecule has 0 radical (unpaired) electrons. The minimum Gasteiger partial charge on any atom is -0.494 e. The molecule has 1 N–H and O–H groups in total. The maximum atomic E-state index is 13.7. The van der Waals surface area contributed by atoms with Gasteiger partial charge in [0, 0.05) is 19.2 Å². The van der Waals surface area contributed by atoms with Gasteiger partial charge in [0.2, 0.25) is 0 Å². The van der Waals surface area contributed by atoms with Crippen LogP contribution in [0.3, 0.4) is 0 Å². The molecule has 0 spiro atoms. The Morgan fingerprint density at radius 3 is 2.89 bits per heavy atom. The van der Waals surface area contributed by atoms with E-state index in [1.165, 1.54) is 13.2 Å². The van der Waals surface area contributed by atoms with Crippen molar-refractivity contribution >= 4 is 0 Å². The van der Waals surface area contributed by atoms with Crippen LogP contribution in [0.2, 0.25) is 0 Å². The highest BCUT2D eigenvalue weighted by Crippen LogP contribution is 2.22. The summed E-state index contributed by atoms with van der Waals surface area (Å²) >= 11 is 0. The average Bonchev–Trinajstić information content (AvgIpc) is 2.40. The van der Waals surface area contributed by atoms with Crippen molar-refractivity contribution < 1.29 is 18.3 Å². The van der Waals surface area contributed by atoms with Gasteiger partial charge >= 0.3 is 0 Å². The van der Waals surface area contributed by atoms with Crippen LogP contribution in [0, 0.1) is 11.6 Å². The lowest BCUT2D eigenvalue weighted by Gasteiger charge is -2.23. The van der Waals surface area contributed by atoms with Crippen LogP contribution >= 0.6 is 0 Å². The Morgan fingerprint density at radius 1 is 1.39 bits per heavy atom. The van der Waals surface area contributed by atoms with Crippen molar-refractivity contribution in [3.05, 3.63) is 29.3 Å². The van der Waals surface area contributed by atoms with E-state index in [4.69, 9.17) is 9.47 Å². The number of rotatable bonds is 4. The van der Waals surface area contributed by atoms with Gasteiger partial charge in [-0.05, 0) is 24.5 Å². The standard InChI is InChI=1S/C13H17F2NO2/c1-17-13-7-11(14)9(6-12(13)15)2-3-10-8-16-4-5-18-10/h6-7,10,16H,2-5,8H2,1H3. The number of hydrogen-bond acceptors (Lipinski definition) is 3. The molecule has 18 heavy (non-hydrogen) atoms. The van der Waals surface area contributed by atoms with Crippen molar-refractivity contribution in [2.75, 3.05) is 26.8 Å². The van der Waals surface area contributed by atoms with Gasteiger partial charge in [-0.25, -0.2) is 8.78 Å². The highest BCUT2D eigenvalue weighted by molar-refractivity contribution is 5.30. The minimum atomic E-state index is -0.531. The van der Waals surface area contributed by atoms with Crippen LogP contribution < -0.4 is 10.1 Å². The zero-order valence-corrected chi connectivity index (χ0v) is 10.3. The SMILES string of the molecule is COc1cc(F)c(CCC2CNCCO2)cc1F. The van der Waals surface area contributed by atoms with E-state index in [2.05, 4.69) is 5.32 Å². The third-order valence-corrected chi connectivity index (χ3v) is 3.06. The summed E-state index contributed by atoms with van der Waals surface area (Å²) in [7, 11) is 1.32. The lowest BCUT2D eigenvalue weighted by molar-refractivity contribution is 0.0237. The maximum Gasteiger partial charge on any atom is 0.165 e. The highest BCUT2D eigenvalue weighted by atomic mass is 19.1. The molecule has 0 bridgehead atoms. The van der Waals surface area contributed by atoms with Gasteiger partial charge in [0.15, 0.2) is 11.6 Å². The van der Waals surface area contributed by atoms with Crippen molar-refractivity contribution in [1.29, 1.82) is 0 Å². The summed E-state index contributed by atoms with van der Waals surface area (Å²) in [6.45, 7) is 2.28. The van der Waals surface area contributed by atoms with Crippen LogP contribution in [-0.4, -0.2) is 32.9 Å². The molecule has 3 nitrogen and oxygen atoms in total. The highest BCUT2D eigenvalue weighted by Gasteiger charge is 2.15. The van der Waals surface area contributed by atoms with Crippen molar-refractivity contribution in [3.63, 3.8) is 0 Å². The number of methoxy groups -OCH3 is 1. The Hall–Kier alpha value is -1.20. The van der Waals surface area contributed by atoms with Crippen LogP contribution in [0.25, 0.3) is 0 Å². The van der Waals surface area contributed by atoms with E-state index in [0.717, 1.165) is 19.2 Å². The van der Waals surface area contributed by atoms with Gasteiger partial charge in [-0.2, -0.15) is 0 Å². The second-order valence-corrected chi connectivity index (χ2v) is 4.31. The van der Waals surface area contributed by atoms with E-state index < -0.39 is 11.6 Å². The zero-order chi connectivity index (χ0) is 13.0. The van der Waals surface area contributed by atoms with E-state index in [1.54, 1.807) is 0 Å². The van der Waals surface area contributed by atoms with Gasteiger partial charge in [0.1, 0.15) is 5.82 Å². The molecule has 100 valence electrons. The van der Waals surface area contributed by atoms with Crippen molar-refractivity contribution in [3.8, 4) is 5.75 Å². The number of halogens is 2. The van der Waals surface area contributed by atoms with Gasteiger partial charge in [-0.1, -0.05) is 0 Å². The van der Waals surface area contributed by atoms with Gasteiger partial charge in [0.05, 0.1) is 19.8 Å². The normalized spacial score (nSPS) is 19.8. The van der Waals surface area contributed by atoms with Crippen LogP contribution in [-0.2, 0) is 11.2 Å². The Bertz CT molecular complexity index is 406. The summed E-state index contributed by atoms with van der Waals surface area (Å²) in [5.74, 6) is -1.03. The van der Waals surface area contributed by atoms with Crippen LogP contribution in [0.1, 0.15) is 12.0 Å². The van der Waals surface area contributed by atoms with E-state index in [0.29, 0.717) is 25.0 Å². The quantitative estimate of drug-likeness (QED) is 0.893. The van der Waals surface area contributed by atoms with Crippen LogP contribution in [0.5, 0.6) is 5.75 Å². The maximum absolute atomic E-state index is 13.7. The van der Waals surface area contributed by atoms with E-state index in [1.807, 2.05) is 0 Å². The molecule has 1 aliphatic rings. The molecule has 0 amide bonds. The number of benzene rings is 1. The van der Waals surface area contributed by atoms with Crippen molar-refractivity contribution in [2.24, 2.45) is 0 Å². The van der Waals surface area contributed by atoms with E-state index >= 15 is 0 Å². The summed E-state index contributed by atoms with van der Waals surface area (Å²) in [6, 6.07) is 2.29. The van der Waals surface area contributed by atoms with E-state index in [-0.39, 0.29) is 11.9 Å². The second-order valence-electron chi connectivity index (χ2n) is 4.31. The summed E-state index contributed by atoms with van der Waals surface area (Å²) in [5, 5.41) is 3.20. The molecular formula is C13H17F2NO2. The molecule has 0 aromatic heterocycles. The number of ether oxygens (including phenoxy) is 2. The van der Waals surface area contributed by atoms with Crippen molar-refractivity contribution in [1.82, 2.24) is 5.32 Å². The Labute approximate surface area is 105 Å². The number of morpholine rings is 1. The molecule has 1 aliphatic heterocycles. The fraction of sp³-hybridized carbons (Fsp3) is 0.538.